The zero-order valence-corrected chi connectivity index (χ0v) is 19.0. The normalized spacial score (nSPS) is 19.7. The molecule has 0 bridgehead atoms. The van der Waals surface area contributed by atoms with E-state index in [0.29, 0.717) is 24.8 Å². The van der Waals surface area contributed by atoms with Crippen molar-refractivity contribution in [1.82, 2.24) is 15.1 Å². The molecular weight excluding hydrogens is 402 g/mol. The van der Waals surface area contributed by atoms with Gasteiger partial charge in [0.15, 0.2) is 0 Å². The maximum absolute atomic E-state index is 12.2. The summed E-state index contributed by atoms with van der Waals surface area (Å²) in [6.45, 7) is 4.44. The summed E-state index contributed by atoms with van der Waals surface area (Å²) in [4.78, 5) is 28.6. The van der Waals surface area contributed by atoms with E-state index >= 15 is 0 Å². The maximum Gasteiger partial charge on any atom is 0.251 e. The number of ether oxygens (including phenoxy) is 1. The van der Waals surface area contributed by atoms with Gasteiger partial charge in [0.2, 0.25) is 5.91 Å². The minimum atomic E-state index is -0.104. The first-order valence-electron chi connectivity index (χ1n) is 11.6. The van der Waals surface area contributed by atoms with Crippen molar-refractivity contribution in [2.45, 2.75) is 51.3 Å². The molecule has 2 aromatic rings. The van der Waals surface area contributed by atoms with E-state index in [0.717, 1.165) is 37.2 Å². The number of carbonyl (C=O) groups excluding carboxylic acids is 2. The summed E-state index contributed by atoms with van der Waals surface area (Å²) >= 11 is 0. The molecule has 32 heavy (non-hydrogen) atoms. The molecule has 6 heteroatoms. The molecule has 0 unspecified atom stereocenters. The van der Waals surface area contributed by atoms with Crippen LogP contribution in [0.3, 0.4) is 0 Å². The van der Waals surface area contributed by atoms with Crippen LogP contribution in [-0.2, 0) is 11.3 Å². The molecule has 1 heterocycles. The summed E-state index contributed by atoms with van der Waals surface area (Å²) in [6.07, 6.45) is 5.04. The predicted molar refractivity (Wildman–Crippen MR) is 125 cm³/mol. The minimum absolute atomic E-state index is 0.0109. The van der Waals surface area contributed by atoms with Crippen LogP contribution in [0.4, 0.5) is 0 Å². The van der Waals surface area contributed by atoms with Crippen molar-refractivity contribution < 1.29 is 14.3 Å². The molecule has 2 aromatic carbocycles. The molecule has 2 aliphatic rings. The third-order valence-corrected chi connectivity index (χ3v) is 6.64. The van der Waals surface area contributed by atoms with Gasteiger partial charge in [-0.2, -0.15) is 0 Å². The van der Waals surface area contributed by atoms with Crippen LogP contribution in [0.2, 0.25) is 0 Å². The predicted octanol–water partition coefficient (Wildman–Crippen LogP) is 3.77. The molecule has 1 N–H and O–H groups in total. The minimum Gasteiger partial charge on any atom is -0.490 e. The molecule has 0 radical (unpaired) electrons. The quantitative estimate of drug-likeness (QED) is 0.750. The van der Waals surface area contributed by atoms with Crippen LogP contribution in [-0.4, -0.2) is 54.4 Å². The number of amides is 2. The van der Waals surface area contributed by atoms with Crippen LogP contribution in [0.25, 0.3) is 0 Å². The Morgan fingerprint density at radius 3 is 2.59 bits per heavy atom. The molecule has 6 nitrogen and oxygen atoms in total. The molecule has 0 spiro atoms. The van der Waals surface area contributed by atoms with E-state index in [1.807, 2.05) is 29.2 Å². The van der Waals surface area contributed by atoms with Gasteiger partial charge in [0.25, 0.3) is 5.91 Å². The van der Waals surface area contributed by atoms with E-state index < -0.39 is 0 Å². The third kappa shape index (κ3) is 5.13. The fraction of sp³-hybridized carbons (Fsp3) is 0.462. The van der Waals surface area contributed by atoms with Crippen LogP contribution in [0.5, 0.6) is 5.75 Å². The first-order chi connectivity index (χ1) is 15.5. The molecule has 1 saturated carbocycles. The lowest BCUT2D eigenvalue weighted by Crippen LogP contribution is -2.49. The summed E-state index contributed by atoms with van der Waals surface area (Å²) in [7, 11) is 1.64. The molecule has 1 atom stereocenters. The lowest BCUT2D eigenvalue weighted by Gasteiger charge is -2.41. The van der Waals surface area contributed by atoms with Gasteiger partial charge in [0.05, 0.1) is 12.1 Å². The Bertz CT molecular complexity index is 955. The van der Waals surface area contributed by atoms with Crippen molar-refractivity contribution in [2.75, 3.05) is 26.7 Å². The van der Waals surface area contributed by atoms with Crippen LogP contribution in [0.15, 0.2) is 48.5 Å². The lowest BCUT2D eigenvalue weighted by molar-refractivity contribution is -0.132. The van der Waals surface area contributed by atoms with E-state index in [2.05, 4.69) is 34.5 Å². The number of hydrogen-bond donors (Lipinski definition) is 1. The second-order valence-corrected chi connectivity index (χ2v) is 8.79. The van der Waals surface area contributed by atoms with Crippen molar-refractivity contribution in [3.63, 3.8) is 0 Å². The number of nitrogens with zero attached hydrogens (tertiary/aromatic N) is 2. The summed E-state index contributed by atoms with van der Waals surface area (Å²) in [5.74, 6) is 0.946. The van der Waals surface area contributed by atoms with Gasteiger partial charge in [-0.25, -0.2) is 0 Å². The monoisotopic (exact) mass is 435 g/mol. The fourth-order valence-electron chi connectivity index (χ4n) is 4.80. The third-order valence-electron chi connectivity index (χ3n) is 6.64. The van der Waals surface area contributed by atoms with Gasteiger partial charge in [0.1, 0.15) is 5.75 Å². The molecule has 170 valence electrons. The number of rotatable bonds is 6. The number of nitrogens with one attached hydrogen (secondary N) is 1. The smallest absolute Gasteiger partial charge is 0.251 e. The van der Waals surface area contributed by atoms with Crippen molar-refractivity contribution in [3.05, 3.63) is 65.2 Å². The van der Waals surface area contributed by atoms with Gasteiger partial charge in [-0.1, -0.05) is 30.3 Å². The Morgan fingerprint density at radius 1 is 1.06 bits per heavy atom. The van der Waals surface area contributed by atoms with Crippen molar-refractivity contribution in [2.24, 2.45) is 0 Å². The summed E-state index contributed by atoms with van der Waals surface area (Å²) in [5.41, 5.74) is 2.85. The maximum atomic E-state index is 12.2. The molecule has 0 aromatic heterocycles. The SMILES string of the molecule is CNC(=O)c1cccc([C@H]2CN(C(C)=O)CCN2Cc2ccccc2OC2CCCC2)c1. The van der Waals surface area contributed by atoms with Gasteiger partial charge in [0, 0.05) is 51.3 Å². The largest absolute Gasteiger partial charge is 0.490 e. The van der Waals surface area contributed by atoms with Crippen molar-refractivity contribution >= 4 is 11.8 Å². The molecule has 4 rings (SSSR count). The van der Waals surface area contributed by atoms with E-state index in [1.165, 1.54) is 18.4 Å². The fourth-order valence-corrected chi connectivity index (χ4v) is 4.80. The Labute approximate surface area is 190 Å². The van der Waals surface area contributed by atoms with Crippen LogP contribution < -0.4 is 10.1 Å². The van der Waals surface area contributed by atoms with Gasteiger partial charge in [-0.15, -0.1) is 0 Å². The topological polar surface area (TPSA) is 61.9 Å². The summed E-state index contributed by atoms with van der Waals surface area (Å²) in [5, 5.41) is 2.70. The number of carbonyl (C=O) groups is 2. The number of hydrogen-bond acceptors (Lipinski definition) is 4. The van der Waals surface area contributed by atoms with Crippen LogP contribution in [0.1, 0.15) is 60.1 Å². The highest BCUT2D eigenvalue weighted by Crippen LogP contribution is 2.32. The van der Waals surface area contributed by atoms with Gasteiger partial charge >= 0.3 is 0 Å². The average Bonchev–Trinajstić information content (AvgIpc) is 3.33. The van der Waals surface area contributed by atoms with E-state index in [1.54, 1.807) is 14.0 Å². The second-order valence-electron chi connectivity index (χ2n) is 8.79. The first-order valence-corrected chi connectivity index (χ1v) is 11.6. The molecule has 2 amide bonds. The highest BCUT2D eigenvalue weighted by molar-refractivity contribution is 5.94. The number of para-hydroxylation sites is 1. The highest BCUT2D eigenvalue weighted by Gasteiger charge is 2.30. The Morgan fingerprint density at radius 2 is 1.84 bits per heavy atom. The molecule has 1 aliphatic carbocycles. The van der Waals surface area contributed by atoms with E-state index in [9.17, 15) is 9.59 Å². The average molecular weight is 436 g/mol. The Hall–Kier alpha value is -2.86. The van der Waals surface area contributed by atoms with Crippen molar-refractivity contribution in [3.8, 4) is 5.75 Å². The van der Waals surface area contributed by atoms with Crippen LogP contribution >= 0.6 is 0 Å². The van der Waals surface area contributed by atoms with Gasteiger partial charge in [-0.05, 0) is 49.4 Å². The Balaban J connectivity index is 1.59. The van der Waals surface area contributed by atoms with Gasteiger partial charge in [-0.3, -0.25) is 14.5 Å². The van der Waals surface area contributed by atoms with Crippen molar-refractivity contribution in [1.29, 1.82) is 0 Å². The lowest BCUT2D eigenvalue weighted by atomic mass is 9.98. The van der Waals surface area contributed by atoms with Crippen LogP contribution in [0, 0.1) is 0 Å². The van der Waals surface area contributed by atoms with E-state index in [-0.39, 0.29) is 17.9 Å². The molecule has 1 saturated heterocycles. The zero-order valence-electron chi connectivity index (χ0n) is 19.0. The zero-order chi connectivity index (χ0) is 22.5. The second kappa shape index (κ2) is 10.2. The summed E-state index contributed by atoms with van der Waals surface area (Å²) in [6, 6.07) is 16.0. The first kappa shape index (κ1) is 22.3. The summed E-state index contributed by atoms with van der Waals surface area (Å²) < 4.78 is 6.37. The number of piperazine rings is 1. The standard InChI is InChI=1S/C26H33N3O3/c1-19(30)28-14-15-29(24(18-28)20-9-7-10-21(16-20)26(31)27-2)17-22-8-3-6-13-25(22)32-23-11-4-5-12-23/h3,6-10,13,16,23-24H,4-5,11-12,14-15,17-18H2,1-2H3,(H,27,31)/t24-/m1/s1. The Kier molecular flexibility index (Phi) is 7.10. The molecular formula is C26H33N3O3. The molecule has 2 fully saturated rings. The highest BCUT2D eigenvalue weighted by atomic mass is 16.5. The number of benzene rings is 2. The van der Waals surface area contributed by atoms with E-state index in [4.69, 9.17) is 4.74 Å². The van der Waals surface area contributed by atoms with Gasteiger partial charge < -0.3 is 15.0 Å². The molecule has 1 aliphatic heterocycles.